The molecule has 0 amide bonds. The number of carbonyl (C=O) groups excluding carboxylic acids is 1. The van der Waals surface area contributed by atoms with Crippen LogP contribution in [-0.2, 0) is 4.74 Å². The van der Waals surface area contributed by atoms with E-state index in [4.69, 9.17) is 11.6 Å². The fraction of sp³-hybridized carbons (Fsp3) is 0.583. The highest BCUT2D eigenvalue weighted by atomic mass is 35.5. The van der Waals surface area contributed by atoms with E-state index < -0.39 is 17.9 Å². The molecule has 20 heavy (non-hydrogen) atoms. The third kappa shape index (κ3) is 3.75. The summed E-state index contributed by atoms with van der Waals surface area (Å²) in [7, 11) is 1.22. The van der Waals surface area contributed by atoms with Crippen molar-refractivity contribution in [1.29, 1.82) is 0 Å². The Bertz CT molecular complexity index is 513. The van der Waals surface area contributed by atoms with E-state index in [1.165, 1.54) is 13.2 Å². The molecule has 1 aliphatic carbocycles. The van der Waals surface area contributed by atoms with Gasteiger partial charge in [0.1, 0.15) is 5.82 Å². The van der Waals surface area contributed by atoms with Crippen molar-refractivity contribution in [3.8, 4) is 0 Å². The molecule has 0 aromatic carbocycles. The Hall–Kier alpha value is -1.50. The van der Waals surface area contributed by atoms with Gasteiger partial charge in [-0.2, -0.15) is 0 Å². The molecule has 0 saturated heterocycles. The number of rotatable bonds is 3. The van der Waals surface area contributed by atoms with Crippen LogP contribution in [0.1, 0.15) is 36.2 Å². The first kappa shape index (κ1) is 14.9. The van der Waals surface area contributed by atoms with E-state index in [2.05, 4.69) is 20.0 Å². The van der Waals surface area contributed by atoms with E-state index in [0.29, 0.717) is 12.8 Å². The summed E-state index contributed by atoms with van der Waals surface area (Å²) in [4.78, 5) is 19.0. The number of methoxy groups -OCH3 is 1. The Morgan fingerprint density at radius 2 is 2.30 bits per heavy atom. The van der Waals surface area contributed by atoms with Crippen LogP contribution in [0.3, 0.4) is 0 Å². The molecule has 1 aromatic heterocycles. The molecule has 1 fully saturated rings. The normalized spacial score (nSPS) is 21.3. The summed E-state index contributed by atoms with van der Waals surface area (Å²) < 4.78 is 31.2. The van der Waals surface area contributed by atoms with Gasteiger partial charge in [-0.1, -0.05) is 0 Å². The summed E-state index contributed by atoms with van der Waals surface area (Å²) in [5.41, 5.74) is -0.0161. The number of hydrogen-bond donors (Lipinski definition) is 1. The van der Waals surface area contributed by atoms with Crippen LogP contribution in [0.15, 0.2) is 6.07 Å². The third-order valence-electron chi connectivity index (χ3n) is 3.09. The van der Waals surface area contributed by atoms with Gasteiger partial charge < -0.3 is 10.1 Å². The zero-order valence-electron chi connectivity index (χ0n) is 10.8. The molecule has 1 aliphatic rings. The minimum absolute atomic E-state index is 0.0161. The van der Waals surface area contributed by atoms with Crippen molar-refractivity contribution in [1.82, 2.24) is 9.97 Å². The average Bonchev–Trinajstić information content (AvgIpc) is 2.35. The van der Waals surface area contributed by atoms with E-state index in [0.717, 1.165) is 0 Å². The molecule has 0 bridgehead atoms. The Labute approximate surface area is 119 Å². The van der Waals surface area contributed by atoms with E-state index >= 15 is 0 Å². The standard InChI is InChI=1S/C12H14ClF2N3O2/c1-20-10(19)8-5-9(18-11(13)17-8)16-7-3-2-4-12(14,15)6-7/h5,7H,2-4,6H2,1H3,(H,16,17,18). The smallest absolute Gasteiger partial charge is 0.356 e. The van der Waals surface area contributed by atoms with Gasteiger partial charge in [0.05, 0.1) is 7.11 Å². The molecule has 0 aliphatic heterocycles. The number of nitrogens with one attached hydrogen (secondary N) is 1. The van der Waals surface area contributed by atoms with Gasteiger partial charge >= 0.3 is 5.97 Å². The predicted octanol–water partition coefficient (Wildman–Crippen LogP) is 2.91. The second-order valence-corrected chi connectivity index (χ2v) is 5.03. The second-order valence-electron chi connectivity index (χ2n) is 4.69. The summed E-state index contributed by atoms with van der Waals surface area (Å²) in [6, 6.07) is 0.931. The number of ether oxygens (including phenoxy) is 1. The van der Waals surface area contributed by atoms with E-state index in [-0.39, 0.29) is 29.6 Å². The highest BCUT2D eigenvalue weighted by Crippen LogP contribution is 2.34. The minimum Gasteiger partial charge on any atom is -0.464 e. The van der Waals surface area contributed by atoms with Gasteiger partial charge in [0, 0.05) is 24.9 Å². The van der Waals surface area contributed by atoms with Crippen LogP contribution in [0.25, 0.3) is 0 Å². The van der Waals surface area contributed by atoms with Crippen molar-refractivity contribution in [2.24, 2.45) is 0 Å². The highest BCUT2D eigenvalue weighted by Gasteiger charge is 2.36. The van der Waals surface area contributed by atoms with Crippen LogP contribution in [0, 0.1) is 0 Å². The van der Waals surface area contributed by atoms with Gasteiger partial charge in [0.2, 0.25) is 11.2 Å². The first-order valence-electron chi connectivity index (χ1n) is 6.17. The molecule has 1 heterocycles. The Morgan fingerprint density at radius 1 is 1.55 bits per heavy atom. The molecule has 5 nitrogen and oxygen atoms in total. The first-order valence-corrected chi connectivity index (χ1v) is 6.55. The summed E-state index contributed by atoms with van der Waals surface area (Å²) in [6.07, 6.45) is 0.698. The zero-order chi connectivity index (χ0) is 14.8. The van der Waals surface area contributed by atoms with Gasteiger partial charge in [-0.05, 0) is 24.4 Å². The number of esters is 1. The van der Waals surface area contributed by atoms with Crippen molar-refractivity contribution in [3.05, 3.63) is 17.0 Å². The summed E-state index contributed by atoms with van der Waals surface area (Å²) in [5, 5.41) is 2.73. The lowest BCUT2D eigenvalue weighted by molar-refractivity contribution is -0.0373. The summed E-state index contributed by atoms with van der Waals surface area (Å²) >= 11 is 5.71. The van der Waals surface area contributed by atoms with Crippen molar-refractivity contribution >= 4 is 23.4 Å². The van der Waals surface area contributed by atoms with Crippen molar-refractivity contribution < 1.29 is 18.3 Å². The summed E-state index contributed by atoms with van der Waals surface area (Å²) in [6.45, 7) is 0. The largest absolute Gasteiger partial charge is 0.464 e. The van der Waals surface area contributed by atoms with Crippen LogP contribution >= 0.6 is 11.6 Å². The lowest BCUT2D eigenvalue weighted by Gasteiger charge is -2.29. The molecule has 1 aromatic rings. The van der Waals surface area contributed by atoms with Gasteiger partial charge in [-0.15, -0.1) is 0 Å². The Balaban J connectivity index is 2.13. The number of hydrogen-bond acceptors (Lipinski definition) is 5. The van der Waals surface area contributed by atoms with Crippen LogP contribution in [-0.4, -0.2) is 35.0 Å². The third-order valence-corrected chi connectivity index (χ3v) is 3.25. The van der Waals surface area contributed by atoms with Crippen LogP contribution in [0.4, 0.5) is 14.6 Å². The monoisotopic (exact) mass is 305 g/mol. The Morgan fingerprint density at radius 3 is 2.95 bits per heavy atom. The maximum absolute atomic E-state index is 13.3. The molecule has 0 spiro atoms. The SMILES string of the molecule is COC(=O)c1cc(NC2CCCC(F)(F)C2)nc(Cl)n1. The van der Waals surface area contributed by atoms with Gasteiger partial charge in [0.25, 0.3) is 0 Å². The first-order chi connectivity index (χ1) is 9.39. The lowest BCUT2D eigenvalue weighted by Crippen LogP contribution is -2.34. The van der Waals surface area contributed by atoms with Gasteiger partial charge in [0.15, 0.2) is 5.69 Å². The summed E-state index contributed by atoms with van der Waals surface area (Å²) in [5.74, 6) is -3.09. The lowest BCUT2D eigenvalue weighted by atomic mass is 9.92. The number of nitrogens with zero attached hydrogens (tertiary/aromatic N) is 2. The number of aromatic nitrogens is 2. The maximum atomic E-state index is 13.3. The van der Waals surface area contributed by atoms with Crippen molar-refractivity contribution in [2.75, 3.05) is 12.4 Å². The fourth-order valence-corrected chi connectivity index (χ4v) is 2.39. The van der Waals surface area contributed by atoms with Crippen molar-refractivity contribution in [3.63, 3.8) is 0 Å². The van der Waals surface area contributed by atoms with Gasteiger partial charge in [-0.25, -0.2) is 23.5 Å². The molecular formula is C12H14ClF2N3O2. The van der Waals surface area contributed by atoms with E-state index in [9.17, 15) is 13.6 Å². The molecular weight excluding hydrogens is 292 g/mol. The van der Waals surface area contributed by atoms with Crippen LogP contribution in [0.5, 0.6) is 0 Å². The average molecular weight is 306 g/mol. The molecule has 1 saturated carbocycles. The topological polar surface area (TPSA) is 64.1 Å². The molecule has 2 rings (SSSR count). The fourth-order valence-electron chi connectivity index (χ4n) is 2.20. The number of halogens is 3. The molecule has 1 unspecified atom stereocenters. The maximum Gasteiger partial charge on any atom is 0.356 e. The number of anilines is 1. The second kappa shape index (κ2) is 5.87. The van der Waals surface area contributed by atoms with E-state index in [1.807, 2.05) is 0 Å². The van der Waals surface area contributed by atoms with Gasteiger partial charge in [-0.3, -0.25) is 0 Å². The quantitative estimate of drug-likeness (QED) is 0.687. The highest BCUT2D eigenvalue weighted by molar-refractivity contribution is 6.28. The number of carbonyl (C=O) groups is 1. The van der Waals surface area contributed by atoms with E-state index in [1.54, 1.807) is 0 Å². The predicted molar refractivity (Wildman–Crippen MR) is 69.2 cm³/mol. The zero-order valence-corrected chi connectivity index (χ0v) is 11.6. The van der Waals surface area contributed by atoms with Crippen LogP contribution < -0.4 is 5.32 Å². The molecule has 110 valence electrons. The molecule has 0 radical (unpaired) electrons. The minimum atomic E-state index is -2.67. The molecule has 8 heteroatoms. The Kier molecular flexibility index (Phi) is 4.37. The number of alkyl halides is 2. The van der Waals surface area contributed by atoms with Crippen molar-refractivity contribution in [2.45, 2.75) is 37.6 Å². The molecule has 1 N–H and O–H groups in total. The molecule has 1 atom stereocenters. The van der Waals surface area contributed by atoms with Crippen LogP contribution in [0.2, 0.25) is 5.28 Å².